The van der Waals surface area contributed by atoms with Crippen LogP contribution in [0.5, 0.6) is 5.75 Å². The van der Waals surface area contributed by atoms with E-state index >= 15 is 0 Å². The maximum Gasteiger partial charge on any atom is 0.283 e. The highest BCUT2D eigenvalue weighted by Gasteiger charge is 2.13. The number of ether oxygens (including phenoxy) is 1. The van der Waals surface area contributed by atoms with Crippen molar-refractivity contribution in [1.29, 1.82) is 0 Å². The number of nitrogens with one attached hydrogen (secondary N) is 1. The van der Waals surface area contributed by atoms with Crippen LogP contribution in [-0.4, -0.2) is 17.1 Å². The molecule has 27 heavy (non-hydrogen) atoms. The lowest BCUT2D eigenvalue weighted by Crippen LogP contribution is -2.17. The smallest absolute Gasteiger partial charge is 0.283 e. The summed E-state index contributed by atoms with van der Waals surface area (Å²) in [7, 11) is 0. The number of benzene rings is 2. The van der Waals surface area contributed by atoms with Crippen LogP contribution in [0, 0.1) is 6.92 Å². The van der Waals surface area contributed by atoms with Gasteiger partial charge in [-0.2, -0.15) is 5.10 Å². The van der Waals surface area contributed by atoms with E-state index in [9.17, 15) is 4.79 Å². The lowest BCUT2D eigenvalue weighted by atomic mass is 10.2. The molecule has 0 radical (unpaired) electrons. The first-order valence-corrected chi connectivity index (χ1v) is 9.24. The van der Waals surface area contributed by atoms with Gasteiger partial charge < -0.3 is 10.5 Å². The summed E-state index contributed by atoms with van der Waals surface area (Å²) in [6.07, 6.45) is 1.55. The summed E-state index contributed by atoms with van der Waals surface area (Å²) in [5, 5.41) is 5.00. The van der Waals surface area contributed by atoms with Crippen molar-refractivity contribution >= 4 is 40.2 Å². The number of hydrogen-bond donors (Lipinski definition) is 2. The molecular weight excluding hydrogens is 384 g/mol. The summed E-state index contributed by atoms with van der Waals surface area (Å²) in [5.41, 5.74) is 10.4. The van der Waals surface area contributed by atoms with Crippen LogP contribution in [0.15, 0.2) is 53.6 Å². The molecule has 0 saturated carbocycles. The molecule has 0 spiro atoms. The molecule has 1 heterocycles. The Labute approximate surface area is 165 Å². The summed E-state index contributed by atoms with van der Waals surface area (Å²) in [5.74, 6) is 0.350. The zero-order valence-corrected chi connectivity index (χ0v) is 16.1. The van der Waals surface area contributed by atoms with Crippen LogP contribution in [0.4, 0.5) is 5.13 Å². The Morgan fingerprint density at radius 2 is 2.15 bits per heavy atom. The summed E-state index contributed by atoms with van der Waals surface area (Å²) in [6.45, 7) is 2.14. The van der Waals surface area contributed by atoms with Crippen LogP contribution in [-0.2, 0) is 6.61 Å². The molecule has 0 saturated heterocycles. The van der Waals surface area contributed by atoms with Gasteiger partial charge in [0.1, 0.15) is 17.2 Å². The number of halogens is 1. The number of rotatable bonds is 6. The van der Waals surface area contributed by atoms with Crippen LogP contribution in [0.2, 0.25) is 5.02 Å². The van der Waals surface area contributed by atoms with Gasteiger partial charge in [0.25, 0.3) is 5.91 Å². The molecule has 6 nitrogen and oxygen atoms in total. The van der Waals surface area contributed by atoms with Crippen LogP contribution in [0.25, 0.3) is 0 Å². The monoisotopic (exact) mass is 400 g/mol. The highest BCUT2D eigenvalue weighted by atomic mass is 35.5. The Morgan fingerprint density at radius 3 is 2.89 bits per heavy atom. The number of nitrogens with zero attached hydrogens (tertiary/aromatic N) is 2. The standard InChI is InChI=1S/C19H17ClN4O2S/c1-12-17(27-19(21)23-12)18(25)24-22-10-13-4-3-7-16(9-13)26-11-14-5-2-6-15(20)8-14/h2-10H,11H2,1H3,(H2,21,23)(H,24,25)/b22-10+. The second kappa shape index (κ2) is 8.66. The van der Waals surface area contributed by atoms with Crippen LogP contribution >= 0.6 is 22.9 Å². The van der Waals surface area contributed by atoms with E-state index in [1.54, 1.807) is 13.1 Å². The number of hydrogen-bond acceptors (Lipinski definition) is 6. The molecule has 0 aliphatic heterocycles. The van der Waals surface area contributed by atoms with Gasteiger partial charge in [-0.15, -0.1) is 0 Å². The average Bonchev–Trinajstić information content (AvgIpc) is 2.99. The van der Waals surface area contributed by atoms with Gasteiger partial charge in [-0.25, -0.2) is 10.4 Å². The lowest BCUT2D eigenvalue weighted by molar-refractivity contribution is 0.0958. The fourth-order valence-electron chi connectivity index (χ4n) is 2.32. The van der Waals surface area contributed by atoms with Crippen molar-refractivity contribution in [2.45, 2.75) is 13.5 Å². The van der Waals surface area contributed by atoms with Gasteiger partial charge in [0, 0.05) is 5.02 Å². The van der Waals surface area contributed by atoms with E-state index in [0.29, 0.717) is 33.1 Å². The molecule has 3 rings (SSSR count). The summed E-state index contributed by atoms with van der Waals surface area (Å²) >= 11 is 7.10. The molecule has 0 fully saturated rings. The molecule has 0 aliphatic carbocycles. The van der Waals surface area contributed by atoms with Gasteiger partial charge in [-0.1, -0.05) is 47.2 Å². The molecule has 8 heteroatoms. The van der Waals surface area contributed by atoms with E-state index in [-0.39, 0.29) is 5.91 Å². The predicted octanol–water partition coefficient (Wildman–Crippen LogP) is 4.03. The third kappa shape index (κ3) is 5.29. The fraction of sp³-hybridized carbons (Fsp3) is 0.105. The highest BCUT2D eigenvalue weighted by Crippen LogP contribution is 2.19. The maximum absolute atomic E-state index is 12.1. The molecule has 1 aromatic heterocycles. The van der Waals surface area contributed by atoms with Gasteiger partial charge in [-0.3, -0.25) is 4.79 Å². The molecule has 0 unspecified atom stereocenters. The largest absolute Gasteiger partial charge is 0.489 e. The number of aromatic nitrogens is 1. The number of nitrogen functional groups attached to an aromatic ring is 1. The quantitative estimate of drug-likeness (QED) is 0.483. The van der Waals surface area contributed by atoms with Crippen molar-refractivity contribution in [2.75, 3.05) is 5.73 Å². The van der Waals surface area contributed by atoms with Crippen molar-refractivity contribution in [3.63, 3.8) is 0 Å². The Morgan fingerprint density at radius 1 is 1.33 bits per heavy atom. The van der Waals surface area contributed by atoms with Crippen molar-refractivity contribution < 1.29 is 9.53 Å². The zero-order chi connectivity index (χ0) is 19.2. The second-order valence-corrected chi connectivity index (χ2v) is 7.12. The van der Waals surface area contributed by atoms with E-state index in [1.165, 1.54) is 0 Å². The summed E-state index contributed by atoms with van der Waals surface area (Å²) in [6, 6.07) is 14.9. The molecule has 0 bridgehead atoms. The molecule has 0 atom stereocenters. The molecule has 1 amide bonds. The SMILES string of the molecule is Cc1nc(N)sc1C(=O)N/N=C/c1cccc(OCc2cccc(Cl)c2)c1. The normalized spacial score (nSPS) is 10.9. The lowest BCUT2D eigenvalue weighted by Gasteiger charge is -2.07. The number of aryl methyl sites for hydroxylation is 1. The first-order chi connectivity index (χ1) is 13.0. The van der Waals surface area contributed by atoms with Gasteiger partial charge in [0.2, 0.25) is 0 Å². The van der Waals surface area contributed by atoms with E-state index in [2.05, 4.69) is 15.5 Å². The van der Waals surface area contributed by atoms with Gasteiger partial charge >= 0.3 is 0 Å². The second-order valence-electron chi connectivity index (χ2n) is 5.66. The minimum Gasteiger partial charge on any atom is -0.489 e. The molecule has 3 aromatic rings. The first kappa shape index (κ1) is 18.9. The van der Waals surface area contributed by atoms with Gasteiger partial charge in [-0.05, 0) is 42.3 Å². The minimum absolute atomic E-state index is 0.341. The number of amides is 1. The summed E-state index contributed by atoms with van der Waals surface area (Å²) < 4.78 is 5.77. The van der Waals surface area contributed by atoms with Crippen LogP contribution < -0.4 is 15.9 Å². The molecule has 0 aliphatic rings. The first-order valence-electron chi connectivity index (χ1n) is 8.05. The van der Waals surface area contributed by atoms with E-state index in [0.717, 1.165) is 22.5 Å². The Bertz CT molecular complexity index is 987. The van der Waals surface area contributed by atoms with E-state index in [4.69, 9.17) is 22.1 Å². The van der Waals surface area contributed by atoms with Crippen molar-refractivity contribution in [2.24, 2.45) is 5.10 Å². The average molecular weight is 401 g/mol. The Kier molecular flexibility index (Phi) is 6.05. The molecule has 3 N–H and O–H groups in total. The molecular formula is C19H17ClN4O2S. The zero-order valence-electron chi connectivity index (χ0n) is 14.5. The van der Waals surface area contributed by atoms with Crippen molar-refractivity contribution in [3.8, 4) is 5.75 Å². The minimum atomic E-state index is -0.341. The number of hydrazone groups is 1. The number of thiazole rings is 1. The third-order valence-electron chi connectivity index (χ3n) is 3.55. The fourth-order valence-corrected chi connectivity index (χ4v) is 3.26. The van der Waals surface area contributed by atoms with Crippen molar-refractivity contribution in [1.82, 2.24) is 10.4 Å². The number of anilines is 1. The number of nitrogens with two attached hydrogens (primary N) is 1. The molecule has 138 valence electrons. The molecule has 2 aromatic carbocycles. The third-order valence-corrected chi connectivity index (χ3v) is 4.77. The van der Waals surface area contributed by atoms with Crippen molar-refractivity contribution in [3.05, 3.63) is 75.3 Å². The van der Waals surface area contributed by atoms with Crippen LogP contribution in [0.1, 0.15) is 26.5 Å². The topological polar surface area (TPSA) is 89.6 Å². The number of carbonyl (C=O) groups is 1. The van der Waals surface area contributed by atoms with Gasteiger partial charge in [0.15, 0.2) is 5.13 Å². The number of carbonyl (C=O) groups excluding carboxylic acids is 1. The van der Waals surface area contributed by atoms with E-state index in [1.807, 2.05) is 48.5 Å². The maximum atomic E-state index is 12.1. The van der Waals surface area contributed by atoms with E-state index < -0.39 is 0 Å². The van der Waals surface area contributed by atoms with Gasteiger partial charge in [0.05, 0.1) is 11.9 Å². The van der Waals surface area contributed by atoms with Crippen LogP contribution in [0.3, 0.4) is 0 Å². The summed E-state index contributed by atoms with van der Waals surface area (Å²) in [4.78, 5) is 16.5. The Hall–Kier alpha value is -2.90. The Balaban J connectivity index is 1.59. The highest BCUT2D eigenvalue weighted by molar-refractivity contribution is 7.17. The predicted molar refractivity (Wildman–Crippen MR) is 109 cm³/mol.